The molecular weight excluding hydrogens is 316 g/mol. The molecule has 120 valence electrons. The highest BCUT2D eigenvalue weighted by atomic mass is 31.2. The van der Waals surface area contributed by atoms with E-state index >= 15 is 0 Å². The minimum Gasteiger partial charge on any atom is -0.481 e. The molecule has 0 amide bonds. The molecule has 0 saturated carbocycles. The van der Waals surface area contributed by atoms with E-state index in [1.54, 1.807) is 0 Å². The molecule has 0 fully saturated rings. The quantitative estimate of drug-likeness (QED) is 0.425. The first kappa shape index (κ1) is 18.2. The minimum absolute atomic E-state index is 0.157. The lowest BCUT2D eigenvalue weighted by Gasteiger charge is -2.13. The molecular formula is C13H16FNO6P+. The van der Waals surface area contributed by atoms with Crippen LogP contribution >= 0.6 is 7.72 Å². The summed E-state index contributed by atoms with van der Waals surface area (Å²) in [6.07, 6.45) is -1.13. The summed E-state index contributed by atoms with van der Waals surface area (Å²) in [6, 6.07) is 5.11. The average molecular weight is 332 g/mol. The van der Waals surface area contributed by atoms with Crippen LogP contribution in [0.3, 0.4) is 0 Å². The maximum atomic E-state index is 13.0. The molecule has 1 unspecified atom stereocenters. The number of nitrogens with zero attached hydrogens (tertiary/aromatic N) is 1. The molecule has 1 aromatic carbocycles. The summed E-state index contributed by atoms with van der Waals surface area (Å²) in [4.78, 5) is 44.9. The normalized spacial score (nSPS) is 13.2. The monoisotopic (exact) mass is 332 g/mol. The standard InChI is InChI=1S/C13H15FNO6P/c14-10-2-1-3-11(6-10)15-8-22(20,21)7-9(13(18)19)4-5-12(16)17/h1-3,6,8-9,20-21H,4-5,7H2,(H-,16,17,18,19)/p+1. The van der Waals surface area contributed by atoms with Crippen LogP contribution in [-0.4, -0.2) is 44.1 Å². The van der Waals surface area contributed by atoms with E-state index in [0.29, 0.717) is 0 Å². The van der Waals surface area contributed by atoms with E-state index in [1.807, 2.05) is 0 Å². The summed E-state index contributed by atoms with van der Waals surface area (Å²) >= 11 is 0. The van der Waals surface area contributed by atoms with Crippen LogP contribution in [0.2, 0.25) is 0 Å². The molecule has 0 radical (unpaired) electrons. The Balaban J connectivity index is 2.74. The van der Waals surface area contributed by atoms with Gasteiger partial charge in [0.15, 0.2) is 0 Å². The zero-order chi connectivity index (χ0) is 16.8. The summed E-state index contributed by atoms with van der Waals surface area (Å²) in [5.74, 6) is -3.43. The third kappa shape index (κ3) is 6.71. The van der Waals surface area contributed by atoms with Gasteiger partial charge in [0.05, 0.1) is 11.6 Å². The summed E-state index contributed by atoms with van der Waals surface area (Å²) < 4.78 is 13.0. The molecule has 4 N–H and O–H groups in total. The van der Waals surface area contributed by atoms with Gasteiger partial charge in [0.1, 0.15) is 12.0 Å². The van der Waals surface area contributed by atoms with Crippen LogP contribution in [0.25, 0.3) is 0 Å². The second-order valence-electron chi connectivity index (χ2n) is 4.66. The fraction of sp³-hybridized carbons (Fsp3) is 0.308. The van der Waals surface area contributed by atoms with Gasteiger partial charge in [-0.05, 0) is 24.6 Å². The maximum Gasteiger partial charge on any atom is 0.312 e. The Kier molecular flexibility index (Phi) is 6.55. The van der Waals surface area contributed by atoms with Crippen LogP contribution in [0.1, 0.15) is 12.8 Å². The van der Waals surface area contributed by atoms with E-state index in [2.05, 4.69) is 4.99 Å². The molecule has 9 heteroatoms. The largest absolute Gasteiger partial charge is 0.481 e. The van der Waals surface area contributed by atoms with E-state index in [4.69, 9.17) is 10.2 Å². The van der Waals surface area contributed by atoms with E-state index in [1.165, 1.54) is 18.2 Å². The molecule has 7 nitrogen and oxygen atoms in total. The predicted octanol–water partition coefficient (Wildman–Crippen LogP) is 1.88. The number of aliphatic carboxylic acids is 2. The topological polar surface area (TPSA) is 127 Å². The van der Waals surface area contributed by atoms with Crippen LogP contribution in [0.5, 0.6) is 0 Å². The molecule has 0 spiro atoms. The maximum absolute atomic E-state index is 13.0. The highest BCUT2D eigenvalue weighted by Crippen LogP contribution is 2.49. The lowest BCUT2D eigenvalue weighted by Crippen LogP contribution is -2.21. The Morgan fingerprint density at radius 3 is 2.55 bits per heavy atom. The number of benzene rings is 1. The highest BCUT2D eigenvalue weighted by Gasteiger charge is 2.38. The van der Waals surface area contributed by atoms with Gasteiger partial charge in [0.25, 0.3) is 0 Å². The molecule has 22 heavy (non-hydrogen) atoms. The first-order chi connectivity index (χ1) is 10.2. The predicted molar refractivity (Wildman–Crippen MR) is 78.8 cm³/mol. The number of carboxylic acids is 2. The number of rotatable bonds is 8. The number of aliphatic imine (C=N–C) groups is 1. The molecule has 0 saturated heterocycles. The Labute approximate surface area is 126 Å². The molecule has 1 aromatic rings. The fourth-order valence-electron chi connectivity index (χ4n) is 1.68. The van der Waals surface area contributed by atoms with Crippen LogP contribution in [-0.2, 0) is 9.59 Å². The summed E-state index contributed by atoms with van der Waals surface area (Å²) in [7, 11) is -3.78. The van der Waals surface area contributed by atoms with E-state index in [-0.39, 0.29) is 12.1 Å². The SMILES string of the molecule is O=C(O)CCC(C[P+](O)(O)C=Nc1cccc(F)c1)C(=O)O. The third-order valence-electron chi connectivity index (χ3n) is 2.74. The fourth-order valence-corrected chi connectivity index (χ4v) is 3.08. The van der Waals surface area contributed by atoms with Crippen LogP contribution in [0.15, 0.2) is 29.3 Å². The molecule has 0 aliphatic carbocycles. The number of carbonyl (C=O) groups is 2. The van der Waals surface area contributed by atoms with Gasteiger partial charge >= 0.3 is 19.7 Å². The van der Waals surface area contributed by atoms with Crippen molar-refractivity contribution < 1.29 is 34.0 Å². The van der Waals surface area contributed by atoms with Crippen LogP contribution in [0.4, 0.5) is 10.1 Å². The van der Waals surface area contributed by atoms with Gasteiger partial charge in [-0.3, -0.25) is 9.59 Å². The van der Waals surface area contributed by atoms with Crippen molar-refractivity contribution in [2.75, 3.05) is 6.16 Å². The van der Waals surface area contributed by atoms with Crippen LogP contribution in [0, 0.1) is 11.7 Å². The first-order valence-electron chi connectivity index (χ1n) is 6.28. The first-order valence-corrected chi connectivity index (χ1v) is 8.23. The molecule has 0 aliphatic heterocycles. The molecule has 0 heterocycles. The smallest absolute Gasteiger partial charge is 0.312 e. The Bertz CT molecular complexity index is 577. The van der Waals surface area contributed by atoms with E-state index in [0.717, 1.165) is 12.0 Å². The van der Waals surface area contributed by atoms with Gasteiger partial charge in [-0.2, -0.15) is 0 Å². The number of carboxylic acid groups (broad SMARTS) is 2. The average Bonchev–Trinajstić information content (AvgIpc) is 2.41. The molecule has 1 rings (SSSR count). The van der Waals surface area contributed by atoms with Crippen molar-refractivity contribution in [2.45, 2.75) is 12.8 Å². The molecule has 1 atom stereocenters. The van der Waals surface area contributed by atoms with Crippen molar-refractivity contribution in [3.05, 3.63) is 30.1 Å². The third-order valence-corrected chi connectivity index (χ3v) is 4.21. The van der Waals surface area contributed by atoms with Gasteiger partial charge < -0.3 is 10.2 Å². The van der Waals surface area contributed by atoms with Gasteiger partial charge in [0.2, 0.25) is 5.96 Å². The number of hydrogen-bond donors (Lipinski definition) is 4. The summed E-state index contributed by atoms with van der Waals surface area (Å²) in [5.41, 5.74) is 0.157. The van der Waals surface area contributed by atoms with Gasteiger partial charge in [-0.1, -0.05) is 6.07 Å². The molecule has 0 aromatic heterocycles. The highest BCUT2D eigenvalue weighted by molar-refractivity contribution is 7.79. The summed E-state index contributed by atoms with van der Waals surface area (Å²) in [6.45, 7) is 0. The second-order valence-corrected chi connectivity index (χ2v) is 6.83. The van der Waals surface area contributed by atoms with Crippen molar-refractivity contribution in [1.82, 2.24) is 0 Å². The van der Waals surface area contributed by atoms with Crippen molar-refractivity contribution in [3.63, 3.8) is 0 Å². The number of hydrogen-bond acceptors (Lipinski definition) is 5. The van der Waals surface area contributed by atoms with Crippen molar-refractivity contribution >= 4 is 31.3 Å². The van der Waals surface area contributed by atoms with Crippen molar-refractivity contribution in [3.8, 4) is 0 Å². The van der Waals surface area contributed by atoms with E-state index in [9.17, 15) is 23.8 Å². The second kappa shape index (κ2) is 7.93. The molecule has 0 bridgehead atoms. The molecule has 0 aliphatic rings. The van der Waals surface area contributed by atoms with Crippen molar-refractivity contribution in [2.24, 2.45) is 10.9 Å². The zero-order valence-electron chi connectivity index (χ0n) is 11.5. The summed E-state index contributed by atoms with van der Waals surface area (Å²) in [5, 5.41) is 17.5. The number of halogens is 1. The lowest BCUT2D eigenvalue weighted by atomic mass is 10.1. The zero-order valence-corrected chi connectivity index (χ0v) is 12.4. The van der Waals surface area contributed by atoms with Crippen LogP contribution < -0.4 is 0 Å². The Morgan fingerprint density at radius 2 is 2.00 bits per heavy atom. The van der Waals surface area contributed by atoms with Gasteiger partial charge in [-0.25, -0.2) is 19.2 Å². The Morgan fingerprint density at radius 1 is 1.32 bits per heavy atom. The van der Waals surface area contributed by atoms with Gasteiger partial charge in [0, 0.05) is 6.42 Å². The van der Waals surface area contributed by atoms with E-state index < -0.39 is 44.0 Å². The Hall–Kier alpha value is -1.89. The van der Waals surface area contributed by atoms with Crippen molar-refractivity contribution in [1.29, 1.82) is 0 Å². The lowest BCUT2D eigenvalue weighted by molar-refractivity contribution is -0.142. The van der Waals surface area contributed by atoms with Gasteiger partial charge in [-0.15, -0.1) is 0 Å². The minimum atomic E-state index is -3.78.